The lowest BCUT2D eigenvalue weighted by Gasteiger charge is -2.32. The highest BCUT2D eigenvalue weighted by molar-refractivity contribution is 7.85. The molecule has 1 unspecified atom stereocenters. The fourth-order valence-electron chi connectivity index (χ4n) is 2.04. The van der Waals surface area contributed by atoms with Crippen molar-refractivity contribution in [1.82, 2.24) is 4.31 Å². The van der Waals surface area contributed by atoms with Crippen molar-refractivity contribution in [2.24, 2.45) is 0 Å². The summed E-state index contributed by atoms with van der Waals surface area (Å²) >= 11 is 0. The molecule has 0 bridgehead atoms. The van der Waals surface area contributed by atoms with Gasteiger partial charge in [0.2, 0.25) is 0 Å². The molecule has 0 aromatic rings. The maximum Gasteiger partial charge on any atom is 0.427 e. The molecule has 9 heteroatoms. The van der Waals surface area contributed by atoms with Crippen LogP contribution in [0, 0.1) is 0 Å². The molecular weight excluding hydrogens is 326 g/mol. The third kappa shape index (κ3) is 4.35. The van der Waals surface area contributed by atoms with Crippen molar-refractivity contribution in [3.63, 3.8) is 0 Å². The molecule has 0 spiro atoms. The van der Waals surface area contributed by atoms with E-state index >= 15 is 0 Å². The Balaban J connectivity index is 3.13. The second-order valence-electron chi connectivity index (χ2n) is 6.34. The highest BCUT2D eigenvalue weighted by Crippen LogP contribution is 2.34. The fourth-order valence-corrected chi connectivity index (χ4v) is 3.40. The van der Waals surface area contributed by atoms with Crippen LogP contribution in [0.3, 0.4) is 0 Å². The van der Waals surface area contributed by atoms with Gasteiger partial charge in [0, 0.05) is 0 Å². The van der Waals surface area contributed by atoms with Crippen molar-refractivity contribution in [3.8, 4) is 0 Å². The summed E-state index contributed by atoms with van der Waals surface area (Å²) in [5.74, 6) is -0.805. The molecule has 0 saturated carbocycles. The highest BCUT2D eigenvalue weighted by Gasteiger charge is 2.60. The smallest absolute Gasteiger partial charge is 0.427 e. The van der Waals surface area contributed by atoms with E-state index in [1.54, 1.807) is 27.7 Å². The third-order valence-corrected chi connectivity index (χ3v) is 4.68. The zero-order valence-corrected chi connectivity index (χ0v) is 15.1. The molecule has 0 radical (unpaired) electrons. The molecule has 1 heterocycles. The molecule has 1 aliphatic rings. The molecule has 1 amide bonds. The van der Waals surface area contributed by atoms with E-state index in [0.717, 1.165) is 6.42 Å². The van der Waals surface area contributed by atoms with E-state index in [4.69, 9.17) is 13.7 Å². The Labute approximate surface area is 137 Å². The Bertz CT molecular complexity index is 552. The first kappa shape index (κ1) is 19.7. The Morgan fingerprint density at radius 1 is 1.26 bits per heavy atom. The molecule has 1 rings (SSSR count). The first-order chi connectivity index (χ1) is 10.5. The lowest BCUT2D eigenvalue weighted by atomic mass is 9.97. The number of unbranched alkanes of at least 4 members (excludes halogenated alkanes) is 1. The van der Waals surface area contributed by atoms with Crippen LogP contribution in [-0.2, 0) is 28.8 Å². The van der Waals surface area contributed by atoms with E-state index in [0.29, 0.717) is 10.7 Å². The number of esters is 1. The van der Waals surface area contributed by atoms with Gasteiger partial charge in [0.25, 0.3) is 0 Å². The van der Waals surface area contributed by atoms with Gasteiger partial charge in [0.1, 0.15) is 12.2 Å². The van der Waals surface area contributed by atoms with Gasteiger partial charge in [-0.05, 0) is 33.6 Å². The number of hydrogen-bond donors (Lipinski definition) is 0. The summed E-state index contributed by atoms with van der Waals surface area (Å²) in [4.78, 5) is 24.7. The standard InChI is InChI=1S/C14H25NO7S/c1-6-8-9-20-11(16)14(7-2)10-21-23(18,19)15(14)12(17)22-13(3,4)5/h6-10H2,1-5H3. The number of hydrogen-bond acceptors (Lipinski definition) is 7. The SMILES string of the molecule is CCCCOC(=O)C1(CC)COS(=O)(=O)N1C(=O)OC(C)(C)C. The van der Waals surface area contributed by atoms with E-state index < -0.39 is 40.1 Å². The monoisotopic (exact) mass is 351 g/mol. The van der Waals surface area contributed by atoms with E-state index in [9.17, 15) is 18.0 Å². The van der Waals surface area contributed by atoms with E-state index in [2.05, 4.69) is 0 Å². The van der Waals surface area contributed by atoms with Crippen LogP contribution >= 0.6 is 0 Å². The summed E-state index contributed by atoms with van der Waals surface area (Å²) in [6.07, 6.45) is 0.336. The second-order valence-corrected chi connectivity index (χ2v) is 7.80. The maximum absolute atomic E-state index is 12.4. The van der Waals surface area contributed by atoms with Crippen molar-refractivity contribution in [2.75, 3.05) is 13.2 Å². The van der Waals surface area contributed by atoms with Crippen LogP contribution < -0.4 is 0 Å². The zero-order valence-electron chi connectivity index (χ0n) is 14.2. The second kappa shape index (κ2) is 7.04. The number of amides is 1. The molecule has 1 aliphatic heterocycles. The predicted octanol–water partition coefficient (Wildman–Crippen LogP) is 1.99. The average Bonchev–Trinajstić information content (AvgIpc) is 2.69. The van der Waals surface area contributed by atoms with Crippen molar-refractivity contribution >= 4 is 22.4 Å². The molecule has 8 nitrogen and oxygen atoms in total. The summed E-state index contributed by atoms with van der Waals surface area (Å²) in [5, 5.41) is 0. The zero-order chi connectivity index (χ0) is 17.9. The Morgan fingerprint density at radius 2 is 1.87 bits per heavy atom. The molecule has 1 atom stereocenters. The van der Waals surface area contributed by atoms with E-state index in [1.807, 2.05) is 6.92 Å². The van der Waals surface area contributed by atoms with Gasteiger partial charge in [-0.25, -0.2) is 9.59 Å². The van der Waals surface area contributed by atoms with Crippen molar-refractivity contribution < 1.29 is 31.7 Å². The Kier molecular flexibility index (Phi) is 6.03. The summed E-state index contributed by atoms with van der Waals surface area (Å²) in [6.45, 7) is 7.99. The molecule has 0 aromatic carbocycles. The van der Waals surface area contributed by atoms with Gasteiger partial charge in [-0.1, -0.05) is 20.3 Å². The van der Waals surface area contributed by atoms with E-state index in [1.165, 1.54) is 0 Å². The van der Waals surface area contributed by atoms with Gasteiger partial charge in [-0.2, -0.15) is 12.7 Å². The normalized spacial score (nSPS) is 23.6. The minimum absolute atomic E-state index is 0.0242. The molecular formula is C14H25NO7S. The van der Waals surface area contributed by atoms with E-state index in [-0.39, 0.29) is 13.0 Å². The first-order valence-corrected chi connectivity index (χ1v) is 8.96. The molecule has 1 saturated heterocycles. The first-order valence-electron chi connectivity index (χ1n) is 7.60. The quantitative estimate of drug-likeness (QED) is 0.551. The number of carbonyl (C=O) groups is 2. The third-order valence-electron chi connectivity index (χ3n) is 3.31. The van der Waals surface area contributed by atoms with Gasteiger partial charge in [0.05, 0.1) is 6.61 Å². The number of nitrogens with zero attached hydrogens (tertiary/aromatic N) is 1. The minimum Gasteiger partial charge on any atom is -0.464 e. The van der Waals surface area contributed by atoms with Gasteiger partial charge in [-0.3, -0.25) is 4.18 Å². The fraction of sp³-hybridized carbons (Fsp3) is 0.857. The largest absolute Gasteiger partial charge is 0.464 e. The van der Waals surface area contributed by atoms with Crippen molar-refractivity contribution in [1.29, 1.82) is 0 Å². The number of ether oxygens (including phenoxy) is 2. The molecule has 134 valence electrons. The summed E-state index contributed by atoms with van der Waals surface area (Å²) < 4.78 is 39.5. The van der Waals surface area contributed by atoms with Crippen LogP contribution in [-0.4, -0.2) is 49.1 Å². The van der Waals surface area contributed by atoms with Crippen molar-refractivity contribution in [3.05, 3.63) is 0 Å². The Morgan fingerprint density at radius 3 is 2.35 bits per heavy atom. The molecule has 1 fully saturated rings. The molecule has 0 aromatic heterocycles. The lowest BCUT2D eigenvalue weighted by molar-refractivity contribution is -0.155. The Hall–Kier alpha value is -1.35. The highest BCUT2D eigenvalue weighted by atomic mass is 32.2. The topological polar surface area (TPSA) is 99.2 Å². The predicted molar refractivity (Wildman–Crippen MR) is 81.8 cm³/mol. The molecule has 0 N–H and O–H groups in total. The summed E-state index contributed by atoms with van der Waals surface area (Å²) in [6, 6.07) is 0. The number of rotatable bonds is 5. The minimum atomic E-state index is -4.40. The summed E-state index contributed by atoms with van der Waals surface area (Å²) in [5.41, 5.74) is -2.64. The van der Waals surface area contributed by atoms with Crippen LogP contribution in [0.5, 0.6) is 0 Å². The molecule has 0 aliphatic carbocycles. The molecule has 23 heavy (non-hydrogen) atoms. The van der Waals surface area contributed by atoms with Crippen LogP contribution in [0.4, 0.5) is 4.79 Å². The van der Waals surface area contributed by atoms with Gasteiger partial charge < -0.3 is 9.47 Å². The van der Waals surface area contributed by atoms with Gasteiger partial charge in [0.15, 0.2) is 5.54 Å². The van der Waals surface area contributed by atoms with Crippen LogP contribution in [0.2, 0.25) is 0 Å². The van der Waals surface area contributed by atoms with Crippen LogP contribution in [0.15, 0.2) is 0 Å². The number of carbonyl (C=O) groups excluding carboxylic acids is 2. The maximum atomic E-state index is 12.4. The van der Waals surface area contributed by atoms with Gasteiger partial charge >= 0.3 is 22.4 Å². The lowest BCUT2D eigenvalue weighted by Crippen LogP contribution is -2.57. The van der Waals surface area contributed by atoms with Crippen LogP contribution in [0.25, 0.3) is 0 Å². The average molecular weight is 351 g/mol. The van der Waals surface area contributed by atoms with Gasteiger partial charge in [-0.15, -0.1) is 0 Å². The van der Waals surface area contributed by atoms with Crippen molar-refractivity contribution in [2.45, 2.75) is 65.0 Å². The summed E-state index contributed by atoms with van der Waals surface area (Å²) in [7, 11) is -4.40. The van der Waals surface area contributed by atoms with Crippen LogP contribution in [0.1, 0.15) is 53.9 Å².